The van der Waals surface area contributed by atoms with Crippen LogP contribution in [0, 0.1) is 0 Å². The fourth-order valence-corrected chi connectivity index (χ4v) is 10.3. The summed E-state index contributed by atoms with van der Waals surface area (Å²) in [6.45, 7) is 4.98. The summed E-state index contributed by atoms with van der Waals surface area (Å²) >= 11 is 0. The van der Waals surface area contributed by atoms with Gasteiger partial charge in [-0.25, -0.2) is 0 Å². The molecule has 0 aromatic heterocycles. The molecule has 0 aliphatic carbocycles. The van der Waals surface area contributed by atoms with E-state index in [1.165, 1.54) is 295 Å². The maximum atomic E-state index is 12.5. The Bertz CT molecular complexity index is 1060. The highest BCUT2D eigenvalue weighted by Gasteiger charge is 2.20. The van der Waals surface area contributed by atoms with Gasteiger partial charge in [0.2, 0.25) is 5.91 Å². The summed E-state index contributed by atoms with van der Waals surface area (Å²) in [5.74, 6) is -0.0188. The topological polar surface area (TPSA) is 95.9 Å². The maximum absolute atomic E-state index is 12.5. The van der Waals surface area contributed by atoms with Crippen LogP contribution in [0.25, 0.3) is 0 Å². The summed E-state index contributed by atoms with van der Waals surface area (Å²) in [5.41, 5.74) is 0. The Morgan fingerprint density at radius 1 is 0.380 bits per heavy atom. The lowest BCUT2D eigenvalue weighted by atomic mass is 10.0. The van der Waals surface area contributed by atoms with Crippen LogP contribution in [0.15, 0.2) is 12.2 Å². The normalized spacial score (nSPS) is 12.6. The lowest BCUT2D eigenvalue weighted by Gasteiger charge is -2.22. The number of ether oxygens (including phenoxy) is 1. The second-order valence-corrected chi connectivity index (χ2v) is 22.5. The van der Waals surface area contributed by atoms with Gasteiger partial charge in [-0.15, -0.1) is 0 Å². The molecule has 0 bridgehead atoms. The molecule has 422 valence electrons. The van der Waals surface area contributed by atoms with Gasteiger partial charge in [0, 0.05) is 12.8 Å². The molecule has 3 N–H and O–H groups in total. The highest BCUT2D eigenvalue weighted by molar-refractivity contribution is 5.76. The number of aliphatic hydroxyl groups is 2. The number of carbonyl (C=O) groups excluding carboxylic acids is 2. The van der Waals surface area contributed by atoms with E-state index in [1.54, 1.807) is 0 Å². The molecule has 0 aliphatic rings. The molecule has 0 radical (unpaired) electrons. The number of aliphatic hydroxyl groups excluding tert-OH is 2. The van der Waals surface area contributed by atoms with Gasteiger partial charge in [0.15, 0.2) is 0 Å². The smallest absolute Gasteiger partial charge is 0.305 e. The number of nitrogens with one attached hydrogen (secondary N) is 1. The number of hydrogen-bond donors (Lipinski definition) is 3. The summed E-state index contributed by atoms with van der Waals surface area (Å²) < 4.78 is 5.49. The van der Waals surface area contributed by atoms with Gasteiger partial charge in [0.05, 0.1) is 25.4 Å². The zero-order valence-electron chi connectivity index (χ0n) is 48.2. The first kappa shape index (κ1) is 69.6. The molecule has 0 fully saturated rings. The van der Waals surface area contributed by atoms with Crippen molar-refractivity contribution in [2.24, 2.45) is 0 Å². The minimum atomic E-state index is -0.665. The lowest BCUT2D eigenvalue weighted by molar-refractivity contribution is -0.143. The van der Waals surface area contributed by atoms with Crippen molar-refractivity contribution in [1.82, 2.24) is 5.32 Å². The van der Waals surface area contributed by atoms with Crippen molar-refractivity contribution in [2.75, 3.05) is 13.2 Å². The van der Waals surface area contributed by atoms with Gasteiger partial charge >= 0.3 is 5.97 Å². The molecule has 0 heterocycles. The van der Waals surface area contributed by atoms with Crippen LogP contribution in [-0.4, -0.2) is 47.4 Å². The second kappa shape index (κ2) is 61.1. The summed E-state index contributed by atoms with van der Waals surface area (Å²) in [6.07, 6.45) is 73.7. The molecule has 0 spiro atoms. The first-order valence-electron chi connectivity index (χ1n) is 32.4. The number of rotatable bonds is 61. The van der Waals surface area contributed by atoms with Crippen molar-refractivity contribution in [3.05, 3.63) is 12.2 Å². The Morgan fingerprint density at radius 3 is 1.00 bits per heavy atom. The molecule has 0 rings (SSSR count). The molecule has 2 atom stereocenters. The number of allylic oxidation sites excluding steroid dienone is 2. The summed E-state index contributed by atoms with van der Waals surface area (Å²) in [7, 11) is 0. The number of unbranched alkanes of at least 4 members (excludes halogenated alkanes) is 48. The summed E-state index contributed by atoms with van der Waals surface area (Å²) in [5, 5.41) is 23.3. The van der Waals surface area contributed by atoms with Crippen molar-refractivity contribution in [2.45, 2.75) is 379 Å². The fourth-order valence-electron chi connectivity index (χ4n) is 10.3. The van der Waals surface area contributed by atoms with E-state index in [4.69, 9.17) is 4.74 Å². The van der Waals surface area contributed by atoms with Crippen LogP contribution in [0.2, 0.25) is 0 Å². The molecule has 0 saturated carbocycles. The third-order valence-corrected chi connectivity index (χ3v) is 15.3. The Labute approximate surface area is 444 Å². The molecule has 0 aromatic rings. The minimum Gasteiger partial charge on any atom is -0.466 e. The van der Waals surface area contributed by atoms with E-state index in [0.29, 0.717) is 25.9 Å². The van der Waals surface area contributed by atoms with Crippen LogP contribution >= 0.6 is 0 Å². The van der Waals surface area contributed by atoms with E-state index in [9.17, 15) is 19.8 Å². The summed E-state index contributed by atoms with van der Waals surface area (Å²) in [6, 6.07) is -0.543. The first-order valence-corrected chi connectivity index (χ1v) is 32.4. The largest absolute Gasteiger partial charge is 0.466 e. The van der Waals surface area contributed by atoms with Crippen LogP contribution in [-0.2, 0) is 14.3 Å². The third kappa shape index (κ3) is 57.7. The van der Waals surface area contributed by atoms with Gasteiger partial charge in [-0.05, 0) is 51.4 Å². The van der Waals surface area contributed by atoms with Crippen molar-refractivity contribution >= 4 is 11.9 Å². The van der Waals surface area contributed by atoms with E-state index in [1.807, 2.05) is 0 Å². The first-order chi connectivity index (χ1) is 35.0. The molecule has 0 saturated heterocycles. The Hall–Kier alpha value is -1.40. The van der Waals surface area contributed by atoms with Crippen LogP contribution in [0.4, 0.5) is 0 Å². The minimum absolute atomic E-state index is 0.0165. The molecule has 0 aliphatic heterocycles. The molecule has 6 nitrogen and oxygen atoms in total. The standard InChI is InChI=1S/C65H127NO5/c1-3-5-7-9-11-13-15-17-30-33-37-41-45-49-53-57-63(68)62(61-67)66-64(69)58-54-50-46-42-38-34-31-28-26-24-22-20-19-21-23-25-27-29-32-36-40-44-48-52-56-60-71-65(70)59-55-51-47-43-39-35-18-16-14-12-10-8-6-4-2/h20,22,62-63,67-68H,3-19,21,23-61H2,1-2H3,(H,66,69)/b22-20-. The lowest BCUT2D eigenvalue weighted by Crippen LogP contribution is -2.45. The second-order valence-electron chi connectivity index (χ2n) is 22.5. The molecule has 2 unspecified atom stereocenters. The highest BCUT2D eigenvalue weighted by Crippen LogP contribution is 2.18. The zero-order chi connectivity index (χ0) is 51.4. The van der Waals surface area contributed by atoms with Gasteiger partial charge in [0.1, 0.15) is 0 Å². The van der Waals surface area contributed by atoms with E-state index in [0.717, 1.165) is 38.5 Å². The Balaban J connectivity index is 3.38. The molecule has 6 heteroatoms. The van der Waals surface area contributed by atoms with E-state index in [2.05, 4.69) is 31.3 Å². The average molecular weight is 1000 g/mol. The van der Waals surface area contributed by atoms with Gasteiger partial charge in [0.25, 0.3) is 0 Å². The van der Waals surface area contributed by atoms with Gasteiger partial charge in [-0.3, -0.25) is 9.59 Å². The van der Waals surface area contributed by atoms with E-state index >= 15 is 0 Å². The highest BCUT2D eigenvalue weighted by atomic mass is 16.5. The van der Waals surface area contributed by atoms with E-state index in [-0.39, 0.29) is 18.5 Å². The summed E-state index contributed by atoms with van der Waals surface area (Å²) in [4.78, 5) is 24.5. The van der Waals surface area contributed by atoms with Crippen LogP contribution < -0.4 is 5.32 Å². The quantitative estimate of drug-likeness (QED) is 0.0320. The van der Waals surface area contributed by atoms with Crippen LogP contribution in [0.1, 0.15) is 367 Å². The van der Waals surface area contributed by atoms with Gasteiger partial charge in [-0.1, -0.05) is 315 Å². The van der Waals surface area contributed by atoms with Crippen LogP contribution in [0.5, 0.6) is 0 Å². The third-order valence-electron chi connectivity index (χ3n) is 15.3. The predicted octanol–water partition coefficient (Wildman–Crippen LogP) is 20.4. The SMILES string of the molecule is CCCCCCCCCCCCCCCCCC(O)C(CO)NC(=O)CCCCCCCCCCC/C=C\CCCCCCCCCCCCCCOC(=O)CCCCCCCCCCCCCCCC. The number of hydrogen-bond acceptors (Lipinski definition) is 5. The molecule has 1 amide bonds. The van der Waals surface area contributed by atoms with E-state index < -0.39 is 12.1 Å². The predicted molar refractivity (Wildman–Crippen MR) is 310 cm³/mol. The number of amides is 1. The van der Waals surface area contributed by atoms with Crippen molar-refractivity contribution in [3.63, 3.8) is 0 Å². The van der Waals surface area contributed by atoms with Crippen LogP contribution in [0.3, 0.4) is 0 Å². The van der Waals surface area contributed by atoms with Crippen molar-refractivity contribution < 1.29 is 24.5 Å². The molecule has 71 heavy (non-hydrogen) atoms. The maximum Gasteiger partial charge on any atom is 0.305 e. The fraction of sp³-hybridized carbons (Fsp3) is 0.938. The molecule has 0 aromatic carbocycles. The monoisotopic (exact) mass is 1000 g/mol. The van der Waals surface area contributed by atoms with Crippen molar-refractivity contribution in [1.29, 1.82) is 0 Å². The number of carbonyl (C=O) groups is 2. The van der Waals surface area contributed by atoms with Crippen molar-refractivity contribution in [3.8, 4) is 0 Å². The van der Waals surface area contributed by atoms with Gasteiger partial charge in [-0.2, -0.15) is 0 Å². The zero-order valence-corrected chi connectivity index (χ0v) is 48.2. The average Bonchev–Trinajstić information content (AvgIpc) is 3.37. The Kier molecular flexibility index (Phi) is 59.9. The Morgan fingerprint density at radius 2 is 0.662 bits per heavy atom. The molecular weight excluding hydrogens is 875 g/mol. The molecular formula is C65H127NO5. The van der Waals surface area contributed by atoms with Gasteiger partial charge < -0.3 is 20.3 Å². The number of esters is 1.